The van der Waals surface area contributed by atoms with Crippen LogP contribution in [0.15, 0.2) is 0 Å². The molecular formula is C2H4Cl2Mg3O14P4. The van der Waals surface area contributed by atoms with Crippen LogP contribution in [-0.2, 0) is 26.4 Å². The zero-order chi connectivity index (χ0) is 18.6. The average Bonchev–Trinajstić information content (AvgIpc) is 2.35. The predicted molar refractivity (Wildman–Crippen MR) is 73.6 cm³/mol. The second-order valence-electron chi connectivity index (χ2n) is 2.99. The molecule has 0 spiro atoms. The van der Waals surface area contributed by atoms with E-state index >= 15 is 0 Å². The second-order valence-corrected chi connectivity index (χ2v) is 11.2. The van der Waals surface area contributed by atoms with Crippen LogP contribution >= 0.6 is 54.1 Å². The van der Waals surface area contributed by atoms with Crippen molar-refractivity contribution in [2.24, 2.45) is 0 Å². The van der Waals surface area contributed by atoms with Crippen molar-refractivity contribution in [1.82, 2.24) is 0 Å². The van der Waals surface area contributed by atoms with Gasteiger partial charge in [0.2, 0.25) is 0 Å². The van der Waals surface area contributed by atoms with Gasteiger partial charge in [-0.05, 0) is 15.2 Å². The first-order chi connectivity index (χ1) is 9.43. The van der Waals surface area contributed by atoms with Crippen LogP contribution in [0.1, 0.15) is 0 Å². The molecule has 0 aromatic rings. The van der Waals surface area contributed by atoms with E-state index in [0.29, 0.717) is 0 Å². The van der Waals surface area contributed by atoms with Crippen LogP contribution < -0.4 is 29.4 Å². The molecule has 25 heavy (non-hydrogen) atoms. The third kappa shape index (κ3) is 15.8. The Hall–Kier alpha value is 3.40. The summed E-state index contributed by atoms with van der Waals surface area (Å²) in [5.41, 5.74) is -6.26. The molecular weight excluding hydrogens is 516 g/mol. The van der Waals surface area contributed by atoms with E-state index in [1.165, 1.54) is 0 Å². The van der Waals surface area contributed by atoms with Gasteiger partial charge in [-0.2, -0.15) is 0 Å². The molecule has 4 unspecified atom stereocenters. The van der Waals surface area contributed by atoms with E-state index in [2.05, 4.69) is 31.9 Å². The van der Waals surface area contributed by atoms with Crippen LogP contribution in [0.25, 0.3) is 0 Å². The maximum atomic E-state index is 10.2. The summed E-state index contributed by atoms with van der Waals surface area (Å²) in [6, 6.07) is 0. The number of rotatable bonds is 6. The van der Waals surface area contributed by atoms with Crippen molar-refractivity contribution < 1.29 is 66.0 Å². The first-order valence-corrected chi connectivity index (χ1v) is 11.1. The molecule has 0 aliphatic heterocycles. The van der Waals surface area contributed by atoms with Crippen molar-refractivity contribution in [2.45, 2.75) is 11.2 Å². The van der Waals surface area contributed by atoms with Gasteiger partial charge in [-0.1, -0.05) is 0 Å². The number of hydrogen-bond acceptors (Lipinski definition) is 14. The maximum absolute atomic E-state index is 10.2. The molecule has 4 atom stereocenters. The van der Waals surface area contributed by atoms with Gasteiger partial charge in [0.25, 0.3) is 0 Å². The summed E-state index contributed by atoms with van der Waals surface area (Å²) in [6.07, 6.45) is 0. The summed E-state index contributed by atoms with van der Waals surface area (Å²) in [5.74, 6) is 0. The molecule has 0 saturated carbocycles. The fraction of sp³-hybridized carbons (Fsp3) is 1.00. The molecule has 0 aromatic heterocycles. The smallest absolute Gasteiger partial charge is 0.809 e. The Balaban J connectivity index is -0.0000000952. The van der Waals surface area contributed by atoms with Crippen LogP contribution in [0.2, 0.25) is 0 Å². The largest absolute Gasteiger partial charge is 2.00 e. The van der Waals surface area contributed by atoms with E-state index in [1.807, 2.05) is 0 Å². The molecule has 2 N–H and O–H groups in total. The first kappa shape index (κ1) is 38.9. The van der Waals surface area contributed by atoms with E-state index in [-0.39, 0.29) is 69.2 Å². The van der Waals surface area contributed by atoms with Crippen molar-refractivity contribution in [3.05, 3.63) is 0 Å². The van der Waals surface area contributed by atoms with E-state index in [9.17, 15) is 47.6 Å². The average molecular weight is 520 g/mol. The fourth-order valence-corrected chi connectivity index (χ4v) is 4.40. The quantitative estimate of drug-likeness (QED) is 0.245. The predicted octanol–water partition coefficient (Wildman–Crippen LogP) is -5.34. The van der Waals surface area contributed by atoms with Gasteiger partial charge in [0.05, 0.1) is 23.7 Å². The van der Waals surface area contributed by atoms with E-state index in [1.54, 1.807) is 0 Å². The van der Waals surface area contributed by atoms with Gasteiger partial charge in [-0.25, -0.2) is 8.15 Å². The van der Waals surface area contributed by atoms with E-state index < -0.39 is 41.6 Å². The molecule has 23 heteroatoms. The molecule has 0 rings (SSSR count). The summed E-state index contributed by atoms with van der Waals surface area (Å²) >= 11 is 8.52. The van der Waals surface area contributed by atoms with Crippen molar-refractivity contribution in [3.63, 3.8) is 0 Å². The minimum Gasteiger partial charge on any atom is -0.809 e. The monoisotopic (exact) mass is 518 g/mol. The summed E-state index contributed by atoms with van der Waals surface area (Å²) < 4.78 is 46.2. The van der Waals surface area contributed by atoms with Crippen LogP contribution in [0.5, 0.6) is 0 Å². The van der Waals surface area contributed by atoms with Gasteiger partial charge < -0.3 is 57.8 Å². The van der Waals surface area contributed by atoms with E-state index in [4.69, 9.17) is 10.2 Å². The van der Waals surface area contributed by atoms with Gasteiger partial charge in [0.1, 0.15) is 11.2 Å². The van der Waals surface area contributed by atoms with Gasteiger partial charge in [-0.15, -0.1) is 0 Å². The van der Waals surface area contributed by atoms with Gasteiger partial charge in [0, 0.05) is 0 Å². The Morgan fingerprint density at radius 1 is 0.640 bits per heavy atom. The van der Waals surface area contributed by atoms with Gasteiger partial charge in [-0.3, -0.25) is 0 Å². The topological polar surface area (TPSA) is 266 Å². The van der Waals surface area contributed by atoms with Crippen molar-refractivity contribution in [3.8, 4) is 0 Å². The molecule has 0 aliphatic carbocycles. The van der Waals surface area contributed by atoms with Crippen LogP contribution in [-0.4, -0.2) is 90.5 Å². The molecule has 0 radical (unpaired) electrons. The van der Waals surface area contributed by atoms with Crippen LogP contribution in [0, 0.1) is 0 Å². The normalized spacial score (nSPS) is 18.3. The second kappa shape index (κ2) is 15.2. The Morgan fingerprint density at radius 3 is 0.840 bits per heavy atom. The van der Waals surface area contributed by atoms with Gasteiger partial charge in [0.15, 0.2) is 15.2 Å². The standard InChI is InChI=1S/2CH5ClO7P2.3Mg/c2*2-9-11(7,8)1(3)10(4,5)6;;;/h2*1,3H,(H,7,8)(H2,4,5,6);;;/q;;3*+2/p-6. The van der Waals surface area contributed by atoms with Crippen molar-refractivity contribution >= 4 is 123 Å². The summed E-state index contributed by atoms with van der Waals surface area (Å²) in [4.78, 5) is 59.8. The number of aliphatic hydroxyl groups excluding tert-OH is 2. The molecule has 0 saturated heterocycles. The Bertz CT molecular complexity index is 498. The molecule has 0 aliphatic rings. The Morgan fingerprint density at radius 2 is 0.800 bits per heavy atom. The van der Waals surface area contributed by atoms with Gasteiger partial charge >= 0.3 is 69.2 Å². The minimum atomic E-state index is -5.62. The molecule has 0 fully saturated rings. The number of aliphatic hydroxyl groups is 2. The van der Waals surface area contributed by atoms with Crippen LogP contribution in [0.4, 0.5) is 0 Å². The first-order valence-electron chi connectivity index (χ1n) is 4.05. The Labute approximate surface area is 198 Å². The number of halogens is 2. The third-order valence-electron chi connectivity index (χ3n) is 1.32. The zero-order valence-corrected chi connectivity index (χ0v) is 20.9. The molecule has 0 aromatic carbocycles. The fourth-order valence-electron chi connectivity index (χ4n) is 0.418. The summed E-state index contributed by atoms with van der Waals surface area (Å²) in [7, 11) is -21.7. The SMILES string of the molecule is O=P([O-])([O-])C(O)P(=O)([O-])OCl.O=P([O-])([O-])C(O)P(=O)([O-])OCl.[Mg+2].[Mg+2].[Mg+2]. The molecule has 0 amide bonds. The molecule has 0 heterocycles. The van der Waals surface area contributed by atoms with E-state index in [0.717, 1.165) is 0 Å². The summed E-state index contributed by atoms with van der Waals surface area (Å²) in [6.45, 7) is 0. The van der Waals surface area contributed by atoms with Crippen molar-refractivity contribution in [2.75, 3.05) is 0 Å². The maximum Gasteiger partial charge on any atom is 2.00 e. The van der Waals surface area contributed by atoms with Crippen molar-refractivity contribution in [1.29, 1.82) is 0 Å². The molecule has 0 bridgehead atoms. The molecule has 136 valence electrons. The number of hydrogen-bond donors (Lipinski definition) is 2. The minimum absolute atomic E-state index is 0. The van der Waals surface area contributed by atoms with Crippen LogP contribution in [0.3, 0.4) is 0 Å². The molecule has 14 nitrogen and oxygen atoms in total. The third-order valence-corrected chi connectivity index (χ3v) is 8.52. The zero-order valence-electron chi connectivity index (χ0n) is 11.6. The summed E-state index contributed by atoms with van der Waals surface area (Å²) in [5, 5.41) is 16.5. The Kier molecular flexibility index (Phi) is 23.7.